The Morgan fingerprint density at radius 1 is 1.10 bits per heavy atom. The molecule has 0 bridgehead atoms. The Hall–Kier alpha value is -1.44. The van der Waals surface area contributed by atoms with Gasteiger partial charge in [-0.25, -0.2) is 0 Å². The fourth-order valence-corrected chi connectivity index (χ4v) is 1.69. The molecule has 0 aliphatic carbocycles. The van der Waals surface area contributed by atoms with Crippen LogP contribution in [0.25, 0.3) is 0 Å². The van der Waals surface area contributed by atoms with Crippen LogP contribution in [0, 0.1) is 0 Å². The standard InChI is InChI=1S/C12H14F6N2/c1-20(5-4-11(13,14)15)9-2-3-10(12(16,17)18)8(6-9)7-19/h2-3,6H,4-5,7,19H2,1H3. The van der Waals surface area contributed by atoms with Gasteiger partial charge in [0.05, 0.1) is 12.0 Å². The van der Waals surface area contributed by atoms with Crippen LogP contribution < -0.4 is 10.6 Å². The van der Waals surface area contributed by atoms with Crippen molar-refractivity contribution in [3.8, 4) is 0 Å². The zero-order valence-electron chi connectivity index (χ0n) is 10.6. The Bertz CT molecular complexity index is 452. The van der Waals surface area contributed by atoms with E-state index in [9.17, 15) is 26.3 Å². The van der Waals surface area contributed by atoms with Crippen molar-refractivity contribution in [1.82, 2.24) is 0 Å². The molecule has 0 spiro atoms. The predicted octanol–water partition coefficient (Wildman–Crippen LogP) is 3.55. The highest BCUT2D eigenvalue weighted by Crippen LogP contribution is 2.34. The van der Waals surface area contributed by atoms with Crippen molar-refractivity contribution in [3.63, 3.8) is 0 Å². The number of benzene rings is 1. The summed E-state index contributed by atoms with van der Waals surface area (Å²) in [5, 5.41) is 0. The second kappa shape index (κ2) is 5.90. The minimum absolute atomic E-state index is 0.145. The smallest absolute Gasteiger partial charge is 0.374 e. The number of hydrogen-bond donors (Lipinski definition) is 1. The van der Waals surface area contributed by atoms with Crippen molar-refractivity contribution in [1.29, 1.82) is 0 Å². The van der Waals surface area contributed by atoms with Crippen molar-refractivity contribution in [2.45, 2.75) is 25.3 Å². The van der Waals surface area contributed by atoms with Crippen LogP contribution in [0.5, 0.6) is 0 Å². The highest BCUT2D eigenvalue weighted by atomic mass is 19.4. The summed E-state index contributed by atoms with van der Waals surface area (Å²) in [6.45, 7) is -0.672. The Kier molecular flexibility index (Phi) is 4.90. The molecule has 0 unspecified atom stereocenters. The molecular formula is C12H14F6N2. The molecule has 0 amide bonds. The van der Waals surface area contributed by atoms with Crippen LogP contribution in [0.1, 0.15) is 17.5 Å². The van der Waals surface area contributed by atoms with Crippen LogP contribution >= 0.6 is 0 Å². The average molecular weight is 300 g/mol. The molecule has 0 atom stereocenters. The van der Waals surface area contributed by atoms with Gasteiger partial charge >= 0.3 is 12.4 Å². The topological polar surface area (TPSA) is 29.3 Å². The summed E-state index contributed by atoms with van der Waals surface area (Å²) in [5.74, 6) is 0. The van der Waals surface area contributed by atoms with E-state index in [2.05, 4.69) is 0 Å². The molecule has 8 heteroatoms. The van der Waals surface area contributed by atoms with Crippen LogP contribution in [0.15, 0.2) is 18.2 Å². The first-order valence-corrected chi connectivity index (χ1v) is 5.72. The van der Waals surface area contributed by atoms with Crippen LogP contribution in [-0.2, 0) is 12.7 Å². The van der Waals surface area contributed by atoms with Crippen LogP contribution in [0.2, 0.25) is 0 Å². The first-order valence-electron chi connectivity index (χ1n) is 5.72. The Labute approximate surface area is 112 Å². The van der Waals surface area contributed by atoms with Gasteiger partial charge in [0, 0.05) is 25.8 Å². The third kappa shape index (κ3) is 4.59. The van der Waals surface area contributed by atoms with Crippen molar-refractivity contribution >= 4 is 5.69 Å². The molecule has 20 heavy (non-hydrogen) atoms. The first kappa shape index (κ1) is 16.6. The quantitative estimate of drug-likeness (QED) is 0.862. The van der Waals surface area contributed by atoms with Crippen LogP contribution in [0.4, 0.5) is 32.0 Å². The van der Waals surface area contributed by atoms with E-state index < -0.39 is 24.3 Å². The van der Waals surface area contributed by atoms with Crippen LogP contribution in [-0.4, -0.2) is 19.8 Å². The number of anilines is 1. The average Bonchev–Trinajstić information content (AvgIpc) is 2.33. The van der Waals surface area contributed by atoms with Gasteiger partial charge in [0.2, 0.25) is 0 Å². The van der Waals surface area contributed by atoms with Crippen molar-refractivity contribution in [2.24, 2.45) is 5.73 Å². The third-order valence-corrected chi connectivity index (χ3v) is 2.79. The fraction of sp³-hybridized carbons (Fsp3) is 0.500. The molecule has 0 saturated carbocycles. The summed E-state index contributed by atoms with van der Waals surface area (Å²) in [7, 11) is 1.38. The van der Waals surface area contributed by atoms with Gasteiger partial charge < -0.3 is 10.6 Å². The number of hydrogen-bond acceptors (Lipinski definition) is 2. The van der Waals surface area contributed by atoms with E-state index in [0.29, 0.717) is 0 Å². The summed E-state index contributed by atoms with van der Waals surface area (Å²) in [5.41, 5.74) is 4.52. The van der Waals surface area contributed by atoms with Crippen LogP contribution in [0.3, 0.4) is 0 Å². The van der Waals surface area contributed by atoms with Gasteiger partial charge in [0.1, 0.15) is 0 Å². The monoisotopic (exact) mass is 300 g/mol. The van der Waals surface area contributed by atoms with E-state index in [1.165, 1.54) is 18.0 Å². The molecule has 0 saturated heterocycles. The number of halogens is 6. The number of nitrogens with zero attached hydrogens (tertiary/aromatic N) is 1. The summed E-state index contributed by atoms with van der Waals surface area (Å²) in [4.78, 5) is 1.24. The summed E-state index contributed by atoms with van der Waals surface area (Å²) < 4.78 is 74.3. The largest absolute Gasteiger partial charge is 0.416 e. The molecule has 0 radical (unpaired) electrons. The van der Waals surface area contributed by atoms with E-state index in [1.807, 2.05) is 0 Å². The highest BCUT2D eigenvalue weighted by Gasteiger charge is 2.33. The molecule has 0 aliphatic rings. The zero-order valence-corrected chi connectivity index (χ0v) is 10.6. The SMILES string of the molecule is CN(CCC(F)(F)F)c1ccc(C(F)(F)F)c(CN)c1. The molecule has 1 aromatic rings. The van der Waals surface area contributed by atoms with Gasteiger partial charge in [-0.2, -0.15) is 26.3 Å². The maximum atomic E-state index is 12.7. The van der Waals surface area contributed by atoms with E-state index in [4.69, 9.17) is 5.73 Å². The van der Waals surface area contributed by atoms with Gasteiger partial charge in [-0.1, -0.05) is 0 Å². The van der Waals surface area contributed by atoms with Gasteiger partial charge in [0.15, 0.2) is 0 Å². The molecule has 2 N–H and O–H groups in total. The number of alkyl halides is 6. The molecule has 114 valence electrons. The Morgan fingerprint density at radius 2 is 1.70 bits per heavy atom. The minimum Gasteiger partial charge on any atom is -0.374 e. The van der Waals surface area contributed by atoms with Gasteiger partial charge in [-0.3, -0.25) is 0 Å². The first-order chi connectivity index (χ1) is 9.04. The molecule has 0 fully saturated rings. The number of rotatable bonds is 4. The summed E-state index contributed by atoms with van der Waals surface area (Å²) >= 11 is 0. The predicted molar refractivity (Wildman–Crippen MR) is 63.3 cm³/mol. The minimum atomic E-state index is -4.53. The van der Waals surface area contributed by atoms with E-state index in [0.717, 1.165) is 12.1 Å². The molecule has 1 aromatic carbocycles. The second-order valence-electron chi connectivity index (χ2n) is 4.33. The summed E-state index contributed by atoms with van der Waals surface area (Å²) in [6.07, 6.45) is -9.88. The lowest BCUT2D eigenvalue weighted by molar-refractivity contribution is -0.138. The Balaban J connectivity index is 2.93. The lowest BCUT2D eigenvalue weighted by Crippen LogP contribution is -2.24. The fourth-order valence-electron chi connectivity index (χ4n) is 1.69. The maximum Gasteiger partial charge on any atom is 0.416 e. The van der Waals surface area contributed by atoms with Gasteiger partial charge in [-0.05, 0) is 23.8 Å². The van der Waals surface area contributed by atoms with E-state index >= 15 is 0 Å². The lowest BCUT2D eigenvalue weighted by Gasteiger charge is -2.22. The number of nitrogens with two attached hydrogens (primary N) is 1. The van der Waals surface area contributed by atoms with Crippen molar-refractivity contribution in [2.75, 3.05) is 18.5 Å². The summed E-state index contributed by atoms with van der Waals surface area (Å²) in [6, 6.07) is 3.14. The van der Waals surface area contributed by atoms with Crippen molar-refractivity contribution in [3.05, 3.63) is 29.3 Å². The third-order valence-electron chi connectivity index (χ3n) is 2.79. The molecule has 0 aliphatic heterocycles. The maximum absolute atomic E-state index is 12.7. The Morgan fingerprint density at radius 3 is 2.15 bits per heavy atom. The van der Waals surface area contributed by atoms with Gasteiger partial charge in [-0.15, -0.1) is 0 Å². The highest BCUT2D eigenvalue weighted by molar-refractivity contribution is 5.51. The molecule has 0 heterocycles. The van der Waals surface area contributed by atoms with Crippen molar-refractivity contribution < 1.29 is 26.3 Å². The second-order valence-corrected chi connectivity index (χ2v) is 4.33. The molecule has 2 nitrogen and oxygen atoms in total. The lowest BCUT2D eigenvalue weighted by atomic mass is 10.1. The molecule has 0 aromatic heterocycles. The zero-order chi connectivity index (χ0) is 15.6. The normalized spacial score (nSPS) is 12.6. The van der Waals surface area contributed by atoms with E-state index in [-0.39, 0.29) is 24.3 Å². The molecule has 1 rings (SSSR count). The van der Waals surface area contributed by atoms with Gasteiger partial charge in [0.25, 0.3) is 0 Å². The molecular weight excluding hydrogens is 286 g/mol. The van der Waals surface area contributed by atoms with E-state index in [1.54, 1.807) is 0 Å².